The minimum atomic E-state index is -0.581. The Labute approximate surface area is 139 Å². The molecule has 0 bridgehead atoms. The van der Waals surface area contributed by atoms with Gasteiger partial charge in [0, 0.05) is 12.6 Å². The highest BCUT2D eigenvalue weighted by Gasteiger charge is 2.35. The van der Waals surface area contributed by atoms with E-state index >= 15 is 0 Å². The molecule has 6 heteroatoms. The predicted octanol–water partition coefficient (Wildman–Crippen LogP) is 2.11. The van der Waals surface area contributed by atoms with Gasteiger partial charge in [-0.1, -0.05) is 18.2 Å². The van der Waals surface area contributed by atoms with Crippen molar-refractivity contribution in [1.29, 1.82) is 0 Å². The molecule has 3 rings (SSSR count). The Balaban J connectivity index is 1.77. The van der Waals surface area contributed by atoms with E-state index in [4.69, 9.17) is 4.74 Å². The van der Waals surface area contributed by atoms with Crippen LogP contribution in [0.5, 0.6) is 5.88 Å². The molecule has 1 amide bonds. The summed E-state index contributed by atoms with van der Waals surface area (Å²) < 4.78 is 18.2. The Kier molecular flexibility index (Phi) is 4.76. The van der Waals surface area contributed by atoms with Crippen LogP contribution >= 0.6 is 0 Å². The molecule has 1 aliphatic rings. The summed E-state index contributed by atoms with van der Waals surface area (Å²) in [6, 6.07) is 11.1. The SMILES string of the molecule is COc1cccc(CC(=O)N2C[C@@H](O)C[C@H]2c2ccc(F)cc2)n1. The molecule has 0 unspecified atom stereocenters. The van der Waals surface area contributed by atoms with E-state index < -0.39 is 6.10 Å². The van der Waals surface area contributed by atoms with Gasteiger partial charge < -0.3 is 14.7 Å². The number of aliphatic hydroxyl groups excluding tert-OH is 1. The lowest BCUT2D eigenvalue weighted by molar-refractivity contribution is -0.131. The number of nitrogens with zero attached hydrogens (tertiary/aromatic N) is 2. The lowest BCUT2D eigenvalue weighted by Gasteiger charge is -2.24. The summed E-state index contributed by atoms with van der Waals surface area (Å²) in [5.41, 5.74) is 1.43. The lowest BCUT2D eigenvalue weighted by Crippen LogP contribution is -2.33. The van der Waals surface area contributed by atoms with Crippen LogP contribution in [0, 0.1) is 5.82 Å². The second kappa shape index (κ2) is 6.97. The first kappa shape index (κ1) is 16.4. The fourth-order valence-electron chi connectivity index (χ4n) is 3.02. The second-order valence-corrected chi connectivity index (χ2v) is 5.85. The smallest absolute Gasteiger partial charge is 0.229 e. The molecule has 1 aromatic heterocycles. The zero-order chi connectivity index (χ0) is 17.1. The van der Waals surface area contributed by atoms with E-state index in [0.29, 0.717) is 18.0 Å². The van der Waals surface area contributed by atoms with Gasteiger partial charge in [-0.2, -0.15) is 0 Å². The molecule has 0 saturated carbocycles. The highest BCUT2D eigenvalue weighted by atomic mass is 19.1. The van der Waals surface area contributed by atoms with Crippen LogP contribution in [0.3, 0.4) is 0 Å². The fourth-order valence-corrected chi connectivity index (χ4v) is 3.02. The number of pyridine rings is 1. The van der Waals surface area contributed by atoms with Crippen LogP contribution in [0.25, 0.3) is 0 Å². The molecule has 1 aliphatic heterocycles. The van der Waals surface area contributed by atoms with Crippen LogP contribution in [0.1, 0.15) is 23.7 Å². The van der Waals surface area contributed by atoms with E-state index in [-0.39, 0.29) is 30.7 Å². The Bertz CT molecular complexity index is 720. The van der Waals surface area contributed by atoms with Gasteiger partial charge in [-0.25, -0.2) is 9.37 Å². The average molecular weight is 330 g/mol. The number of halogens is 1. The van der Waals surface area contributed by atoms with Crippen molar-refractivity contribution >= 4 is 5.91 Å². The Morgan fingerprint density at radius 3 is 2.79 bits per heavy atom. The van der Waals surface area contributed by atoms with Gasteiger partial charge in [0.25, 0.3) is 0 Å². The highest BCUT2D eigenvalue weighted by Crippen LogP contribution is 2.32. The van der Waals surface area contributed by atoms with E-state index in [1.54, 1.807) is 35.2 Å². The summed E-state index contributed by atoms with van der Waals surface area (Å²) >= 11 is 0. The average Bonchev–Trinajstić information content (AvgIpc) is 2.97. The topological polar surface area (TPSA) is 62.7 Å². The molecule has 5 nitrogen and oxygen atoms in total. The van der Waals surface area contributed by atoms with Gasteiger partial charge in [0.05, 0.1) is 31.4 Å². The molecule has 0 radical (unpaired) electrons. The molecule has 2 heterocycles. The van der Waals surface area contributed by atoms with Crippen LogP contribution in [-0.4, -0.2) is 40.7 Å². The standard InChI is InChI=1S/C18H19FN2O3/c1-24-17-4-2-3-14(20-17)9-18(23)21-11-15(22)10-16(21)12-5-7-13(19)8-6-12/h2-8,15-16,22H,9-11H2,1H3/t15-,16-/m0/s1. The Morgan fingerprint density at radius 2 is 2.08 bits per heavy atom. The summed E-state index contributed by atoms with van der Waals surface area (Å²) in [6.45, 7) is 0.269. The number of aromatic nitrogens is 1. The van der Waals surface area contributed by atoms with Gasteiger partial charge in [-0.15, -0.1) is 0 Å². The molecule has 0 aliphatic carbocycles. The van der Waals surface area contributed by atoms with Gasteiger partial charge in [0.15, 0.2) is 0 Å². The molecule has 1 aromatic carbocycles. The summed E-state index contributed by atoms with van der Waals surface area (Å²) in [5.74, 6) is 0.00854. The van der Waals surface area contributed by atoms with Crippen molar-refractivity contribution in [2.75, 3.05) is 13.7 Å². The van der Waals surface area contributed by atoms with Gasteiger partial charge in [0.2, 0.25) is 11.8 Å². The van der Waals surface area contributed by atoms with Crippen molar-refractivity contribution in [3.05, 3.63) is 59.5 Å². The monoisotopic (exact) mass is 330 g/mol. The van der Waals surface area contributed by atoms with Gasteiger partial charge in [-0.3, -0.25) is 4.79 Å². The van der Waals surface area contributed by atoms with Crippen molar-refractivity contribution in [2.45, 2.75) is 25.0 Å². The van der Waals surface area contributed by atoms with Crippen molar-refractivity contribution < 1.29 is 19.0 Å². The number of likely N-dealkylation sites (tertiary alicyclic amines) is 1. The number of amides is 1. The van der Waals surface area contributed by atoms with Crippen LogP contribution in [-0.2, 0) is 11.2 Å². The first-order valence-corrected chi connectivity index (χ1v) is 7.79. The van der Waals surface area contributed by atoms with E-state index in [9.17, 15) is 14.3 Å². The van der Waals surface area contributed by atoms with Crippen molar-refractivity contribution in [1.82, 2.24) is 9.88 Å². The van der Waals surface area contributed by atoms with Crippen LogP contribution in [0.4, 0.5) is 4.39 Å². The number of methoxy groups -OCH3 is 1. The molecule has 0 spiro atoms. The molecule has 1 fully saturated rings. The largest absolute Gasteiger partial charge is 0.481 e. The Morgan fingerprint density at radius 1 is 1.33 bits per heavy atom. The number of β-amino-alcohol motifs (C(OH)–C–C–N with tert-alkyl or cyclic N) is 1. The van der Waals surface area contributed by atoms with Crippen molar-refractivity contribution in [3.8, 4) is 5.88 Å². The van der Waals surface area contributed by atoms with Gasteiger partial charge in [0.1, 0.15) is 5.82 Å². The number of carbonyl (C=O) groups is 1. The zero-order valence-electron chi connectivity index (χ0n) is 13.4. The van der Waals surface area contributed by atoms with E-state index in [2.05, 4.69) is 4.98 Å². The molecule has 24 heavy (non-hydrogen) atoms. The molecular formula is C18H19FN2O3. The zero-order valence-corrected chi connectivity index (χ0v) is 13.4. The summed E-state index contributed by atoms with van der Waals surface area (Å²) in [4.78, 5) is 18.6. The third-order valence-electron chi connectivity index (χ3n) is 4.18. The van der Waals surface area contributed by atoms with Gasteiger partial charge >= 0.3 is 0 Å². The maximum atomic E-state index is 13.1. The first-order valence-electron chi connectivity index (χ1n) is 7.79. The molecule has 1 saturated heterocycles. The summed E-state index contributed by atoms with van der Waals surface area (Å²) in [7, 11) is 1.52. The van der Waals surface area contributed by atoms with E-state index in [1.165, 1.54) is 19.2 Å². The van der Waals surface area contributed by atoms with Crippen LogP contribution in [0.15, 0.2) is 42.5 Å². The molecule has 1 N–H and O–H groups in total. The van der Waals surface area contributed by atoms with E-state index in [1.807, 2.05) is 0 Å². The first-order chi connectivity index (χ1) is 11.6. The van der Waals surface area contributed by atoms with Crippen LogP contribution in [0.2, 0.25) is 0 Å². The normalized spacial score (nSPS) is 20.2. The number of rotatable bonds is 4. The third-order valence-corrected chi connectivity index (χ3v) is 4.18. The van der Waals surface area contributed by atoms with Crippen LogP contribution < -0.4 is 4.74 Å². The lowest BCUT2D eigenvalue weighted by atomic mass is 10.0. The number of aliphatic hydroxyl groups is 1. The third kappa shape index (κ3) is 3.54. The minimum absolute atomic E-state index is 0.123. The second-order valence-electron chi connectivity index (χ2n) is 5.85. The molecule has 2 atom stereocenters. The highest BCUT2D eigenvalue weighted by molar-refractivity contribution is 5.79. The number of hydrogen-bond acceptors (Lipinski definition) is 4. The predicted molar refractivity (Wildman–Crippen MR) is 86.0 cm³/mol. The minimum Gasteiger partial charge on any atom is -0.481 e. The summed E-state index contributed by atoms with van der Waals surface area (Å²) in [6.07, 6.45) is -0.00729. The maximum Gasteiger partial charge on any atom is 0.229 e. The summed E-state index contributed by atoms with van der Waals surface area (Å²) in [5, 5.41) is 9.98. The quantitative estimate of drug-likeness (QED) is 0.933. The van der Waals surface area contributed by atoms with Crippen molar-refractivity contribution in [2.24, 2.45) is 0 Å². The number of hydrogen-bond donors (Lipinski definition) is 1. The molecular weight excluding hydrogens is 311 g/mol. The number of benzene rings is 1. The molecule has 126 valence electrons. The Hall–Kier alpha value is -2.47. The van der Waals surface area contributed by atoms with E-state index in [0.717, 1.165) is 5.56 Å². The maximum absolute atomic E-state index is 13.1. The van der Waals surface area contributed by atoms with Gasteiger partial charge in [-0.05, 0) is 30.2 Å². The number of carbonyl (C=O) groups excluding carboxylic acids is 1. The van der Waals surface area contributed by atoms with Crippen molar-refractivity contribution in [3.63, 3.8) is 0 Å². The molecule has 2 aromatic rings. The fraction of sp³-hybridized carbons (Fsp3) is 0.333. The number of ether oxygens (including phenoxy) is 1.